The molecule has 1 amide bonds. The Morgan fingerprint density at radius 3 is 2.41 bits per heavy atom. The van der Waals surface area contributed by atoms with Gasteiger partial charge in [0.1, 0.15) is 17.4 Å². The molecule has 0 saturated carbocycles. The fourth-order valence-electron chi connectivity index (χ4n) is 1.85. The van der Waals surface area contributed by atoms with Crippen molar-refractivity contribution in [2.45, 2.75) is 38.8 Å². The van der Waals surface area contributed by atoms with Gasteiger partial charge >= 0.3 is 6.09 Å². The summed E-state index contributed by atoms with van der Waals surface area (Å²) in [6.07, 6.45) is -0.498. The van der Waals surface area contributed by atoms with Crippen LogP contribution in [0.5, 0.6) is 0 Å². The van der Waals surface area contributed by atoms with E-state index in [9.17, 15) is 19.7 Å². The number of aldehydes is 1. The number of alkyl carbamates (subject to hydrolysis) is 1. The number of hydrogen-bond acceptors (Lipinski definition) is 5. The Labute approximate surface area is 132 Å². The number of nitrogens with zero attached hydrogens (tertiary/aromatic N) is 1. The van der Waals surface area contributed by atoms with Gasteiger partial charge in [-0.15, -0.1) is 0 Å². The standard InChI is InChI=1S/C14H17ClN2O5/c1-13(2,3)22-12(19)16-14(4,8-18)11-9(15)6-5-7-10(11)17(20)21/h5-8H,1-4H3,(H,16,19). The third-order valence-corrected chi connectivity index (χ3v) is 3.02. The average molecular weight is 329 g/mol. The molecule has 120 valence electrons. The van der Waals surface area contributed by atoms with E-state index in [0.717, 1.165) is 0 Å². The van der Waals surface area contributed by atoms with Gasteiger partial charge in [0.25, 0.3) is 5.69 Å². The minimum absolute atomic E-state index is 0.000131. The van der Waals surface area contributed by atoms with Crippen LogP contribution in [0.1, 0.15) is 33.3 Å². The summed E-state index contributed by atoms with van der Waals surface area (Å²) in [7, 11) is 0. The van der Waals surface area contributed by atoms with E-state index in [-0.39, 0.29) is 16.3 Å². The maximum Gasteiger partial charge on any atom is 0.408 e. The molecule has 7 nitrogen and oxygen atoms in total. The summed E-state index contributed by atoms with van der Waals surface area (Å²) in [5.41, 5.74) is -2.93. The molecule has 0 aliphatic carbocycles. The number of carbonyl (C=O) groups excluding carboxylic acids is 2. The maximum absolute atomic E-state index is 11.9. The van der Waals surface area contributed by atoms with Gasteiger partial charge in [-0.2, -0.15) is 0 Å². The van der Waals surface area contributed by atoms with Gasteiger partial charge in [0.15, 0.2) is 0 Å². The Morgan fingerprint density at radius 1 is 1.36 bits per heavy atom. The normalized spacial score (nSPS) is 13.9. The number of rotatable bonds is 4. The SMILES string of the molecule is CC(C)(C)OC(=O)NC(C)(C=O)c1c(Cl)cccc1[N+](=O)[O-]. The number of amides is 1. The second kappa shape index (κ2) is 6.31. The van der Waals surface area contributed by atoms with Crippen molar-refractivity contribution in [2.75, 3.05) is 0 Å². The van der Waals surface area contributed by atoms with Crippen LogP contribution in [0.15, 0.2) is 18.2 Å². The van der Waals surface area contributed by atoms with Crippen molar-refractivity contribution < 1.29 is 19.2 Å². The van der Waals surface area contributed by atoms with Crippen LogP contribution in [0.3, 0.4) is 0 Å². The molecule has 0 radical (unpaired) electrons. The van der Waals surface area contributed by atoms with Gasteiger partial charge < -0.3 is 14.8 Å². The lowest BCUT2D eigenvalue weighted by atomic mass is 9.92. The van der Waals surface area contributed by atoms with Gasteiger partial charge in [-0.1, -0.05) is 17.7 Å². The third kappa shape index (κ3) is 4.17. The number of halogens is 1. The van der Waals surface area contributed by atoms with Crippen LogP contribution >= 0.6 is 11.6 Å². The molecule has 1 aromatic carbocycles. The quantitative estimate of drug-likeness (QED) is 0.520. The highest BCUT2D eigenvalue weighted by atomic mass is 35.5. The fraction of sp³-hybridized carbons (Fsp3) is 0.429. The van der Waals surface area contributed by atoms with E-state index >= 15 is 0 Å². The first-order valence-corrected chi connectivity index (χ1v) is 6.79. The van der Waals surface area contributed by atoms with Crippen molar-refractivity contribution >= 4 is 29.7 Å². The van der Waals surface area contributed by atoms with Crippen LogP contribution in [0.4, 0.5) is 10.5 Å². The van der Waals surface area contributed by atoms with Crippen LogP contribution in [0.25, 0.3) is 0 Å². The number of ether oxygens (including phenoxy) is 1. The Bertz CT molecular complexity index is 612. The molecule has 1 aromatic rings. The molecule has 0 aliphatic rings. The zero-order valence-electron chi connectivity index (χ0n) is 12.7. The number of nitrogens with one attached hydrogen (secondary N) is 1. The van der Waals surface area contributed by atoms with Crippen LogP contribution in [0.2, 0.25) is 5.02 Å². The zero-order valence-corrected chi connectivity index (χ0v) is 13.4. The van der Waals surface area contributed by atoms with Crippen LogP contribution in [0, 0.1) is 10.1 Å². The van der Waals surface area contributed by atoms with Crippen molar-refractivity contribution in [2.24, 2.45) is 0 Å². The van der Waals surface area contributed by atoms with E-state index in [1.54, 1.807) is 20.8 Å². The molecule has 8 heteroatoms. The predicted molar refractivity (Wildman–Crippen MR) is 80.9 cm³/mol. The van der Waals surface area contributed by atoms with E-state index in [1.807, 2.05) is 0 Å². The molecule has 1 rings (SSSR count). The highest BCUT2D eigenvalue weighted by Crippen LogP contribution is 2.34. The molecule has 0 fully saturated rings. The molecule has 0 heterocycles. The molecule has 0 aromatic heterocycles. The Balaban J connectivity index is 3.28. The lowest BCUT2D eigenvalue weighted by Gasteiger charge is -2.28. The van der Waals surface area contributed by atoms with Gasteiger partial charge in [-0.3, -0.25) is 10.1 Å². The number of benzene rings is 1. The minimum atomic E-state index is -1.69. The number of nitro benzene ring substituents is 1. The first-order valence-electron chi connectivity index (χ1n) is 6.41. The van der Waals surface area contributed by atoms with E-state index in [1.165, 1.54) is 25.1 Å². The van der Waals surface area contributed by atoms with Crippen molar-refractivity contribution in [3.05, 3.63) is 38.9 Å². The van der Waals surface area contributed by atoms with Gasteiger partial charge in [0.2, 0.25) is 0 Å². The summed E-state index contributed by atoms with van der Waals surface area (Å²) in [6.45, 7) is 6.28. The summed E-state index contributed by atoms with van der Waals surface area (Å²) in [4.78, 5) is 33.9. The monoisotopic (exact) mass is 328 g/mol. The van der Waals surface area contributed by atoms with Crippen LogP contribution in [-0.4, -0.2) is 22.9 Å². The van der Waals surface area contributed by atoms with E-state index in [0.29, 0.717) is 6.29 Å². The summed E-state index contributed by atoms with van der Waals surface area (Å²) >= 11 is 6.00. The molecule has 0 aliphatic heterocycles. The lowest BCUT2D eigenvalue weighted by molar-refractivity contribution is -0.386. The number of nitro groups is 1. The van der Waals surface area contributed by atoms with Gasteiger partial charge in [0, 0.05) is 6.07 Å². The molecular weight excluding hydrogens is 312 g/mol. The Hall–Kier alpha value is -2.15. The van der Waals surface area contributed by atoms with Crippen molar-refractivity contribution in [1.29, 1.82) is 0 Å². The van der Waals surface area contributed by atoms with E-state index < -0.39 is 22.2 Å². The molecule has 22 heavy (non-hydrogen) atoms. The molecule has 1 atom stereocenters. The first-order chi connectivity index (χ1) is 10.00. The topological polar surface area (TPSA) is 98.5 Å². The summed E-state index contributed by atoms with van der Waals surface area (Å²) in [5.74, 6) is 0. The average Bonchev–Trinajstić information content (AvgIpc) is 2.35. The summed E-state index contributed by atoms with van der Waals surface area (Å²) in [6, 6.07) is 4.00. The highest BCUT2D eigenvalue weighted by Gasteiger charge is 2.38. The summed E-state index contributed by atoms with van der Waals surface area (Å²) < 4.78 is 5.08. The van der Waals surface area contributed by atoms with E-state index in [2.05, 4.69) is 5.32 Å². The van der Waals surface area contributed by atoms with Crippen molar-refractivity contribution in [1.82, 2.24) is 5.32 Å². The van der Waals surface area contributed by atoms with Crippen molar-refractivity contribution in [3.8, 4) is 0 Å². The largest absolute Gasteiger partial charge is 0.444 e. The van der Waals surface area contributed by atoms with E-state index in [4.69, 9.17) is 16.3 Å². The highest BCUT2D eigenvalue weighted by molar-refractivity contribution is 6.32. The fourth-order valence-corrected chi connectivity index (χ4v) is 2.21. The predicted octanol–water partition coefficient (Wildman–Crippen LogP) is 3.19. The molecular formula is C14H17ClN2O5. The maximum atomic E-state index is 11.9. The van der Waals surface area contributed by atoms with Gasteiger partial charge in [-0.05, 0) is 33.8 Å². The molecule has 1 N–H and O–H groups in total. The Kier molecular flexibility index (Phi) is 5.13. The summed E-state index contributed by atoms with van der Waals surface area (Å²) in [5, 5.41) is 13.5. The third-order valence-electron chi connectivity index (χ3n) is 2.70. The molecule has 1 unspecified atom stereocenters. The second-order valence-electron chi connectivity index (χ2n) is 5.84. The van der Waals surface area contributed by atoms with Gasteiger partial charge in [0.05, 0.1) is 15.5 Å². The van der Waals surface area contributed by atoms with Gasteiger partial charge in [-0.25, -0.2) is 4.79 Å². The van der Waals surface area contributed by atoms with Crippen LogP contribution < -0.4 is 5.32 Å². The number of hydrogen-bond donors (Lipinski definition) is 1. The van der Waals surface area contributed by atoms with Crippen LogP contribution in [-0.2, 0) is 15.1 Å². The zero-order chi connectivity index (χ0) is 17.1. The first kappa shape index (κ1) is 17.9. The molecule has 0 saturated heterocycles. The second-order valence-corrected chi connectivity index (χ2v) is 6.25. The molecule has 0 bridgehead atoms. The molecule has 0 spiro atoms. The minimum Gasteiger partial charge on any atom is -0.444 e. The van der Waals surface area contributed by atoms with Crippen molar-refractivity contribution in [3.63, 3.8) is 0 Å². The number of carbonyl (C=O) groups is 2. The smallest absolute Gasteiger partial charge is 0.408 e. The lowest BCUT2D eigenvalue weighted by Crippen LogP contribution is -2.47. The Morgan fingerprint density at radius 2 is 1.95 bits per heavy atom.